The van der Waals surface area contributed by atoms with Gasteiger partial charge < -0.3 is 14.2 Å². The molecule has 0 fully saturated rings. The second kappa shape index (κ2) is 10.6. The monoisotopic (exact) mass is 520 g/mol. The number of ketones is 2. The lowest BCUT2D eigenvalue weighted by Crippen LogP contribution is -2.30. The Balaban J connectivity index is 1.44. The van der Waals surface area contributed by atoms with Crippen LogP contribution in [0.2, 0.25) is 0 Å². The lowest BCUT2D eigenvalue weighted by atomic mass is 9.73. The van der Waals surface area contributed by atoms with E-state index in [9.17, 15) is 9.59 Å². The highest BCUT2D eigenvalue weighted by atomic mass is 16.5. The number of hydrogen-bond donors (Lipinski definition) is 0. The highest BCUT2D eigenvalue weighted by Gasteiger charge is 2.42. The molecule has 5 heteroatoms. The highest BCUT2D eigenvalue weighted by Crippen LogP contribution is 2.49. The highest BCUT2D eigenvalue weighted by molar-refractivity contribution is 6.05. The molecule has 0 radical (unpaired) electrons. The number of Topliss-reactive ketones (excluding diaryl/α,β-unsaturated/α-hetero) is 2. The van der Waals surface area contributed by atoms with E-state index in [1.807, 2.05) is 30.3 Å². The van der Waals surface area contributed by atoms with Crippen molar-refractivity contribution in [2.24, 2.45) is 0 Å². The van der Waals surface area contributed by atoms with E-state index in [4.69, 9.17) is 14.2 Å². The van der Waals surface area contributed by atoms with Crippen LogP contribution in [-0.2, 0) is 27.4 Å². The minimum absolute atomic E-state index is 0.0618. The van der Waals surface area contributed by atoms with Crippen molar-refractivity contribution < 1.29 is 23.8 Å². The Bertz CT molecular complexity index is 1510. The van der Waals surface area contributed by atoms with Crippen molar-refractivity contribution in [1.29, 1.82) is 0 Å². The van der Waals surface area contributed by atoms with E-state index in [1.165, 1.54) is 0 Å². The Labute approximate surface area is 228 Å². The van der Waals surface area contributed by atoms with Crippen LogP contribution in [0.15, 0.2) is 89.9 Å². The van der Waals surface area contributed by atoms with Gasteiger partial charge >= 0.3 is 0 Å². The maximum absolute atomic E-state index is 13.2. The molecule has 0 bridgehead atoms. The van der Waals surface area contributed by atoms with Crippen molar-refractivity contribution in [3.05, 3.63) is 107 Å². The lowest BCUT2D eigenvalue weighted by molar-refractivity contribution is -0.117. The van der Waals surface area contributed by atoms with Gasteiger partial charge in [-0.3, -0.25) is 9.59 Å². The van der Waals surface area contributed by atoms with Crippen molar-refractivity contribution in [2.45, 2.75) is 57.5 Å². The molecule has 0 saturated carbocycles. The third kappa shape index (κ3) is 4.56. The summed E-state index contributed by atoms with van der Waals surface area (Å²) in [5.74, 6) is 2.35. The second-order valence-corrected chi connectivity index (χ2v) is 10.4. The molecule has 0 amide bonds. The molecule has 1 heterocycles. The first-order chi connectivity index (χ1) is 19.1. The molecule has 0 atom stereocenters. The molecule has 0 N–H and O–H groups in total. The average molecular weight is 521 g/mol. The molecule has 0 spiro atoms. The van der Waals surface area contributed by atoms with Gasteiger partial charge in [-0.1, -0.05) is 54.6 Å². The predicted molar refractivity (Wildman–Crippen MR) is 151 cm³/mol. The standard InChI is InChI=1S/C34H32O5/c1-3-9-22-18-24(31-32-26(35)14-7-16-28(32)39-29-17-8-15-27(36)33(29)31)19-30(37-2)34(22)38-20-23-12-6-11-21-10-4-5-13-25(21)23/h3-6,10-13,18-19,31H,1,7-9,14-17,20H2,2H3. The topological polar surface area (TPSA) is 61.8 Å². The van der Waals surface area contributed by atoms with Gasteiger partial charge in [-0.15, -0.1) is 6.58 Å². The lowest BCUT2D eigenvalue weighted by Gasteiger charge is -2.36. The minimum atomic E-state index is -0.450. The molecule has 0 saturated heterocycles. The molecule has 3 aliphatic rings. The van der Waals surface area contributed by atoms with Crippen molar-refractivity contribution >= 4 is 22.3 Å². The third-order valence-electron chi connectivity index (χ3n) is 7.96. The Kier molecular flexibility index (Phi) is 6.82. The van der Waals surface area contributed by atoms with E-state index < -0.39 is 5.92 Å². The Morgan fingerprint density at radius 3 is 2.28 bits per heavy atom. The smallest absolute Gasteiger partial charge is 0.165 e. The second-order valence-electron chi connectivity index (χ2n) is 10.4. The zero-order valence-electron chi connectivity index (χ0n) is 22.3. The Morgan fingerprint density at radius 1 is 0.897 bits per heavy atom. The number of benzene rings is 3. The molecule has 3 aromatic rings. The third-order valence-corrected chi connectivity index (χ3v) is 7.96. The number of rotatable bonds is 7. The van der Waals surface area contributed by atoms with E-state index in [0.29, 0.717) is 61.4 Å². The van der Waals surface area contributed by atoms with Gasteiger partial charge in [0.05, 0.1) is 7.11 Å². The van der Waals surface area contributed by atoms with Crippen LogP contribution < -0.4 is 9.47 Å². The molecule has 2 aliphatic carbocycles. The number of hydrogen-bond acceptors (Lipinski definition) is 5. The summed E-state index contributed by atoms with van der Waals surface area (Å²) >= 11 is 0. The molecule has 39 heavy (non-hydrogen) atoms. The number of carbonyl (C=O) groups is 2. The van der Waals surface area contributed by atoms with Crippen LogP contribution in [0.25, 0.3) is 10.8 Å². The fourth-order valence-corrected chi connectivity index (χ4v) is 6.19. The van der Waals surface area contributed by atoms with Gasteiger partial charge in [0.15, 0.2) is 23.1 Å². The molecular formula is C34H32O5. The number of fused-ring (bicyclic) bond motifs is 1. The van der Waals surface area contributed by atoms with Crippen LogP contribution in [0.1, 0.15) is 61.1 Å². The van der Waals surface area contributed by atoms with E-state index >= 15 is 0 Å². The summed E-state index contributed by atoms with van der Waals surface area (Å²) in [5, 5.41) is 2.31. The van der Waals surface area contributed by atoms with E-state index in [-0.39, 0.29) is 11.6 Å². The van der Waals surface area contributed by atoms with E-state index in [0.717, 1.165) is 51.8 Å². The van der Waals surface area contributed by atoms with Gasteiger partial charge in [-0.2, -0.15) is 0 Å². The SMILES string of the molecule is C=CCc1cc(C2C3=C(CCCC3=O)OC3=C2C(=O)CCC3)cc(OC)c1OCc1cccc2ccccc12. The largest absolute Gasteiger partial charge is 0.493 e. The van der Waals surface area contributed by atoms with Crippen LogP contribution in [-0.4, -0.2) is 18.7 Å². The summed E-state index contributed by atoms with van der Waals surface area (Å²) in [6.07, 6.45) is 6.30. The zero-order chi connectivity index (χ0) is 26.9. The first kappa shape index (κ1) is 25.2. The van der Waals surface area contributed by atoms with Gasteiger partial charge in [0.1, 0.15) is 18.1 Å². The first-order valence-electron chi connectivity index (χ1n) is 13.7. The number of carbonyl (C=O) groups excluding carboxylic acids is 2. The van der Waals surface area contributed by atoms with Gasteiger partial charge in [0, 0.05) is 48.3 Å². The fourth-order valence-electron chi connectivity index (χ4n) is 6.19. The molecular weight excluding hydrogens is 488 g/mol. The van der Waals surface area contributed by atoms with Crippen LogP contribution in [0.3, 0.4) is 0 Å². The van der Waals surface area contributed by atoms with E-state index in [1.54, 1.807) is 7.11 Å². The first-order valence-corrected chi connectivity index (χ1v) is 13.7. The summed E-state index contributed by atoms with van der Waals surface area (Å²) in [6.45, 7) is 4.34. The van der Waals surface area contributed by atoms with Crippen molar-refractivity contribution in [3.8, 4) is 11.5 Å². The summed E-state index contributed by atoms with van der Waals surface area (Å²) < 4.78 is 18.5. The minimum Gasteiger partial charge on any atom is -0.493 e. The Hall–Kier alpha value is -4.12. The van der Waals surface area contributed by atoms with Gasteiger partial charge in [-0.25, -0.2) is 0 Å². The number of ether oxygens (including phenoxy) is 3. The molecule has 198 valence electrons. The summed E-state index contributed by atoms with van der Waals surface area (Å²) in [5.41, 5.74) is 4.10. The maximum atomic E-state index is 13.2. The van der Waals surface area contributed by atoms with Crippen LogP contribution in [0, 0.1) is 0 Å². The van der Waals surface area contributed by atoms with Crippen LogP contribution >= 0.6 is 0 Å². The zero-order valence-corrected chi connectivity index (χ0v) is 22.3. The number of methoxy groups -OCH3 is 1. The van der Waals surface area contributed by atoms with Gasteiger partial charge in [0.2, 0.25) is 0 Å². The summed E-state index contributed by atoms with van der Waals surface area (Å²) in [4.78, 5) is 26.5. The quantitative estimate of drug-likeness (QED) is 0.306. The van der Waals surface area contributed by atoms with Gasteiger partial charge in [-0.05, 0) is 47.2 Å². The van der Waals surface area contributed by atoms with Crippen molar-refractivity contribution in [3.63, 3.8) is 0 Å². The fraction of sp³-hybridized carbons (Fsp3) is 0.294. The molecule has 1 aliphatic heterocycles. The molecule has 0 unspecified atom stereocenters. The summed E-state index contributed by atoms with van der Waals surface area (Å²) in [7, 11) is 1.62. The molecule has 3 aromatic carbocycles. The van der Waals surface area contributed by atoms with Gasteiger partial charge in [0.25, 0.3) is 0 Å². The molecule has 5 nitrogen and oxygen atoms in total. The Morgan fingerprint density at radius 2 is 1.59 bits per heavy atom. The van der Waals surface area contributed by atoms with E-state index in [2.05, 4.69) is 36.9 Å². The van der Waals surface area contributed by atoms with Crippen molar-refractivity contribution in [1.82, 2.24) is 0 Å². The van der Waals surface area contributed by atoms with Crippen molar-refractivity contribution in [2.75, 3.05) is 7.11 Å². The average Bonchev–Trinajstić information content (AvgIpc) is 2.95. The maximum Gasteiger partial charge on any atom is 0.165 e. The summed E-state index contributed by atoms with van der Waals surface area (Å²) in [6, 6.07) is 18.4. The van der Waals surface area contributed by atoms with Crippen LogP contribution in [0.4, 0.5) is 0 Å². The normalized spacial score (nSPS) is 17.6. The molecule has 6 rings (SSSR count). The van der Waals surface area contributed by atoms with Crippen LogP contribution in [0.5, 0.6) is 11.5 Å². The number of allylic oxidation sites excluding steroid dienone is 5. The predicted octanol–water partition coefficient (Wildman–Crippen LogP) is 7.28. The molecule has 0 aromatic heterocycles.